The summed E-state index contributed by atoms with van der Waals surface area (Å²) in [6.07, 6.45) is 8.19. The van der Waals surface area contributed by atoms with Gasteiger partial charge >= 0.3 is 0 Å². The number of benzene rings is 1. The van der Waals surface area contributed by atoms with Crippen LogP contribution in [0, 0.1) is 0 Å². The summed E-state index contributed by atoms with van der Waals surface area (Å²) >= 11 is 0. The van der Waals surface area contributed by atoms with Crippen molar-refractivity contribution in [3.05, 3.63) is 52.7 Å². The van der Waals surface area contributed by atoms with Gasteiger partial charge in [-0.25, -0.2) is 0 Å². The highest BCUT2D eigenvalue weighted by Gasteiger charge is 2.27. The minimum absolute atomic E-state index is 0.0695. The van der Waals surface area contributed by atoms with Crippen molar-refractivity contribution in [2.75, 3.05) is 5.32 Å². The van der Waals surface area contributed by atoms with Crippen LogP contribution in [0.4, 0.5) is 5.82 Å². The monoisotopic (exact) mass is 321 g/mol. The first-order chi connectivity index (χ1) is 11.7. The van der Waals surface area contributed by atoms with Crippen LogP contribution in [0.15, 0.2) is 35.9 Å². The maximum atomic E-state index is 12.3. The molecule has 1 heterocycles. The van der Waals surface area contributed by atoms with Crippen LogP contribution in [0.2, 0.25) is 0 Å². The second kappa shape index (κ2) is 6.27. The molecule has 1 fully saturated rings. The third kappa shape index (κ3) is 3.28. The van der Waals surface area contributed by atoms with E-state index in [9.17, 15) is 4.79 Å². The zero-order chi connectivity index (χ0) is 16.5. The fourth-order valence-electron chi connectivity index (χ4n) is 3.35. The van der Waals surface area contributed by atoms with E-state index in [4.69, 9.17) is 0 Å². The Bertz CT molecular complexity index is 799. The lowest BCUT2D eigenvalue weighted by Gasteiger charge is -2.16. The van der Waals surface area contributed by atoms with Crippen molar-refractivity contribution in [2.24, 2.45) is 7.05 Å². The van der Waals surface area contributed by atoms with Gasteiger partial charge in [0.25, 0.3) is 0 Å². The van der Waals surface area contributed by atoms with Gasteiger partial charge < -0.3 is 5.32 Å². The molecule has 4 rings (SSSR count). The van der Waals surface area contributed by atoms with Crippen LogP contribution in [-0.2, 0) is 18.3 Å². The molecule has 0 radical (unpaired) electrons. The maximum Gasteiger partial charge on any atom is 0.225 e. The van der Waals surface area contributed by atoms with E-state index in [1.54, 1.807) is 4.68 Å². The largest absolute Gasteiger partial charge is 0.311 e. The third-order valence-corrected chi connectivity index (χ3v) is 4.97. The Morgan fingerprint density at radius 3 is 2.96 bits per heavy atom. The number of aryl methyl sites for hydroxylation is 2. The second-order valence-electron chi connectivity index (χ2n) is 6.90. The first-order valence-electron chi connectivity index (χ1n) is 8.80. The van der Waals surface area contributed by atoms with E-state index in [2.05, 4.69) is 40.8 Å². The summed E-state index contributed by atoms with van der Waals surface area (Å²) in [7, 11) is 1.89. The van der Waals surface area contributed by atoms with Crippen molar-refractivity contribution < 1.29 is 4.79 Å². The quantitative estimate of drug-likeness (QED) is 0.903. The Morgan fingerprint density at radius 2 is 2.12 bits per heavy atom. The van der Waals surface area contributed by atoms with E-state index in [1.807, 2.05) is 13.1 Å². The SMILES string of the molecule is Cn1nc(C2CC2)cc1NC(=O)CCC1=Cc2ccccc2CC1. The van der Waals surface area contributed by atoms with Gasteiger partial charge in [0.1, 0.15) is 5.82 Å². The minimum Gasteiger partial charge on any atom is -0.311 e. The number of hydrogen-bond acceptors (Lipinski definition) is 2. The molecule has 0 unspecified atom stereocenters. The Balaban J connectivity index is 1.35. The molecule has 1 N–H and O–H groups in total. The number of carbonyl (C=O) groups excluding carboxylic acids is 1. The minimum atomic E-state index is 0.0695. The van der Waals surface area contributed by atoms with E-state index in [0.29, 0.717) is 12.3 Å². The van der Waals surface area contributed by atoms with Crippen LogP contribution < -0.4 is 5.32 Å². The fourth-order valence-corrected chi connectivity index (χ4v) is 3.35. The Hall–Kier alpha value is -2.36. The first kappa shape index (κ1) is 15.2. The van der Waals surface area contributed by atoms with E-state index in [0.717, 1.165) is 30.8 Å². The summed E-state index contributed by atoms with van der Waals surface area (Å²) in [4.78, 5) is 12.3. The molecule has 0 bridgehead atoms. The van der Waals surface area contributed by atoms with Crippen molar-refractivity contribution >= 4 is 17.8 Å². The topological polar surface area (TPSA) is 46.9 Å². The molecule has 24 heavy (non-hydrogen) atoms. The van der Waals surface area contributed by atoms with Crippen molar-refractivity contribution in [1.82, 2.24) is 9.78 Å². The molecule has 2 aromatic rings. The van der Waals surface area contributed by atoms with Gasteiger partial charge in [0.05, 0.1) is 5.69 Å². The summed E-state index contributed by atoms with van der Waals surface area (Å²) in [5.74, 6) is 1.49. The number of hydrogen-bond donors (Lipinski definition) is 1. The normalized spacial score (nSPS) is 16.5. The summed E-state index contributed by atoms with van der Waals surface area (Å²) in [6, 6.07) is 10.5. The number of fused-ring (bicyclic) bond motifs is 1. The summed E-state index contributed by atoms with van der Waals surface area (Å²) < 4.78 is 1.78. The number of allylic oxidation sites excluding steroid dienone is 1. The number of nitrogens with zero attached hydrogens (tertiary/aromatic N) is 2. The average Bonchev–Trinajstić information content (AvgIpc) is 3.38. The average molecular weight is 321 g/mol. The van der Waals surface area contributed by atoms with Crippen LogP contribution in [-0.4, -0.2) is 15.7 Å². The van der Waals surface area contributed by atoms with Crippen LogP contribution in [0.1, 0.15) is 54.8 Å². The van der Waals surface area contributed by atoms with Crippen LogP contribution in [0.25, 0.3) is 6.08 Å². The van der Waals surface area contributed by atoms with Crippen LogP contribution >= 0.6 is 0 Å². The number of aromatic nitrogens is 2. The lowest BCUT2D eigenvalue weighted by atomic mass is 9.90. The van der Waals surface area contributed by atoms with Gasteiger partial charge in [-0.15, -0.1) is 0 Å². The van der Waals surface area contributed by atoms with Crippen LogP contribution in [0.5, 0.6) is 0 Å². The van der Waals surface area contributed by atoms with E-state index < -0.39 is 0 Å². The predicted molar refractivity (Wildman–Crippen MR) is 95.8 cm³/mol. The molecule has 1 amide bonds. The van der Waals surface area contributed by atoms with Gasteiger partial charge in [-0.2, -0.15) is 5.10 Å². The van der Waals surface area contributed by atoms with Crippen molar-refractivity contribution in [3.8, 4) is 0 Å². The summed E-state index contributed by atoms with van der Waals surface area (Å²) in [5, 5.41) is 7.50. The van der Waals surface area contributed by atoms with Crippen molar-refractivity contribution in [2.45, 2.75) is 44.4 Å². The molecule has 2 aliphatic rings. The van der Waals surface area contributed by atoms with E-state index in [1.165, 1.54) is 29.5 Å². The highest BCUT2D eigenvalue weighted by atomic mass is 16.1. The van der Waals surface area contributed by atoms with Crippen molar-refractivity contribution in [1.29, 1.82) is 0 Å². The molecule has 1 saturated carbocycles. The van der Waals surface area contributed by atoms with Gasteiger partial charge in [-0.1, -0.05) is 35.9 Å². The zero-order valence-electron chi connectivity index (χ0n) is 14.1. The molecule has 2 aliphatic carbocycles. The number of anilines is 1. The standard InChI is InChI=1S/C20H23N3O/c1-23-19(13-18(22-23)16-9-10-16)21-20(24)11-7-14-6-8-15-4-2-3-5-17(15)12-14/h2-5,12-13,16H,6-11H2,1H3,(H,21,24). The molecule has 0 atom stereocenters. The van der Waals surface area contributed by atoms with Crippen LogP contribution in [0.3, 0.4) is 0 Å². The number of carbonyl (C=O) groups is 1. The first-order valence-corrected chi connectivity index (χ1v) is 8.80. The Morgan fingerprint density at radius 1 is 1.29 bits per heavy atom. The van der Waals surface area contributed by atoms with Gasteiger partial charge in [-0.05, 0) is 43.2 Å². The lowest BCUT2D eigenvalue weighted by molar-refractivity contribution is -0.116. The summed E-state index contributed by atoms with van der Waals surface area (Å²) in [5.41, 5.74) is 5.19. The predicted octanol–water partition coefficient (Wildman–Crippen LogP) is 4.05. The number of amides is 1. The van der Waals surface area contributed by atoms with Gasteiger partial charge in [0.2, 0.25) is 5.91 Å². The molecule has 0 aliphatic heterocycles. The maximum absolute atomic E-state index is 12.3. The molecule has 0 spiro atoms. The molecule has 1 aromatic carbocycles. The lowest BCUT2D eigenvalue weighted by Crippen LogP contribution is -2.14. The molecule has 1 aromatic heterocycles. The second-order valence-corrected chi connectivity index (χ2v) is 6.90. The molecular weight excluding hydrogens is 298 g/mol. The number of rotatable bonds is 5. The van der Waals surface area contributed by atoms with Gasteiger partial charge in [-0.3, -0.25) is 9.48 Å². The molecule has 4 heteroatoms. The summed E-state index contributed by atoms with van der Waals surface area (Å²) in [6.45, 7) is 0. The van der Waals surface area contributed by atoms with E-state index >= 15 is 0 Å². The fraction of sp³-hybridized carbons (Fsp3) is 0.400. The Kier molecular flexibility index (Phi) is 3.97. The highest BCUT2D eigenvalue weighted by molar-refractivity contribution is 5.90. The highest BCUT2D eigenvalue weighted by Crippen LogP contribution is 2.39. The molecule has 124 valence electrons. The smallest absolute Gasteiger partial charge is 0.225 e. The molecule has 0 saturated heterocycles. The number of nitrogens with one attached hydrogen (secondary N) is 1. The zero-order valence-corrected chi connectivity index (χ0v) is 14.1. The molecule has 4 nitrogen and oxygen atoms in total. The van der Waals surface area contributed by atoms with Crippen molar-refractivity contribution in [3.63, 3.8) is 0 Å². The molecular formula is C20H23N3O. The van der Waals surface area contributed by atoms with Gasteiger partial charge in [0, 0.05) is 25.5 Å². The van der Waals surface area contributed by atoms with Gasteiger partial charge in [0.15, 0.2) is 0 Å². The Labute approximate surface area is 142 Å². The third-order valence-electron chi connectivity index (χ3n) is 4.97. The van der Waals surface area contributed by atoms with E-state index in [-0.39, 0.29) is 5.91 Å².